The minimum Gasteiger partial charge on any atom is -0.377 e. The van der Waals surface area contributed by atoms with E-state index in [0.717, 1.165) is 26.0 Å². The normalized spacial score (nSPS) is 21.5. The summed E-state index contributed by atoms with van der Waals surface area (Å²) in [6.07, 6.45) is -1.46. The first-order valence-corrected chi connectivity index (χ1v) is 9.41. The number of guanidine groups is 1. The molecule has 1 aliphatic rings. The van der Waals surface area contributed by atoms with E-state index >= 15 is 0 Å². The third kappa shape index (κ3) is 12.0. The van der Waals surface area contributed by atoms with E-state index < -0.39 is 12.8 Å². The highest BCUT2D eigenvalue weighted by Crippen LogP contribution is 2.34. The minimum absolute atomic E-state index is 0. The Hall–Kier alpha value is -0.290. The number of halogens is 4. The van der Waals surface area contributed by atoms with Gasteiger partial charge in [0.25, 0.3) is 0 Å². The first-order valence-electron chi connectivity index (χ1n) is 9.41. The van der Waals surface area contributed by atoms with Gasteiger partial charge in [0.05, 0.1) is 6.10 Å². The molecule has 0 bridgehead atoms. The van der Waals surface area contributed by atoms with E-state index in [-0.39, 0.29) is 42.1 Å². The van der Waals surface area contributed by atoms with E-state index in [9.17, 15) is 13.2 Å². The number of ether oxygens (including phenoxy) is 2. The average molecular weight is 509 g/mol. The summed E-state index contributed by atoms with van der Waals surface area (Å²) in [5.74, 6) is 1.05. The van der Waals surface area contributed by atoms with Gasteiger partial charge in [0.2, 0.25) is 0 Å². The predicted molar refractivity (Wildman–Crippen MR) is 113 cm³/mol. The Balaban J connectivity index is 0.00000676. The molecule has 162 valence electrons. The topological polar surface area (TPSA) is 54.9 Å². The Morgan fingerprint density at radius 1 is 1.22 bits per heavy atom. The maximum Gasteiger partial charge on any atom is 0.411 e. The highest BCUT2D eigenvalue weighted by molar-refractivity contribution is 14.0. The standard InChI is InChI=1S/C18H34F3N3O2.HI/c1-5-22-16(23-9-7-10-25-13-18(19,20)21)24-12-14-8-6-11-26-15(14)17(2,3)4;/h14-15H,5-13H2,1-4H3,(H2,22,23,24);1H. The van der Waals surface area contributed by atoms with Crippen LogP contribution in [0.25, 0.3) is 0 Å². The molecule has 0 aromatic carbocycles. The number of hydrogen-bond acceptors (Lipinski definition) is 3. The molecular formula is C18H35F3IN3O2. The maximum absolute atomic E-state index is 12.0. The summed E-state index contributed by atoms with van der Waals surface area (Å²) in [5.41, 5.74) is 0.0716. The van der Waals surface area contributed by atoms with Crippen LogP contribution in [0, 0.1) is 11.3 Å². The third-order valence-corrected chi connectivity index (χ3v) is 4.15. The molecule has 2 N–H and O–H groups in total. The zero-order chi connectivity index (χ0) is 19.6. The molecule has 27 heavy (non-hydrogen) atoms. The highest BCUT2D eigenvalue weighted by Gasteiger charge is 2.35. The monoisotopic (exact) mass is 509 g/mol. The molecule has 2 atom stereocenters. The van der Waals surface area contributed by atoms with Crippen LogP contribution in [0.1, 0.15) is 47.0 Å². The van der Waals surface area contributed by atoms with E-state index in [0.29, 0.717) is 31.4 Å². The molecule has 9 heteroatoms. The lowest BCUT2D eigenvalue weighted by Crippen LogP contribution is -2.43. The summed E-state index contributed by atoms with van der Waals surface area (Å²) in [6.45, 7) is 10.1. The summed E-state index contributed by atoms with van der Waals surface area (Å²) in [6, 6.07) is 0. The molecule has 0 saturated carbocycles. The van der Waals surface area contributed by atoms with Crippen molar-refractivity contribution in [2.75, 3.05) is 39.5 Å². The fourth-order valence-corrected chi connectivity index (χ4v) is 3.11. The smallest absolute Gasteiger partial charge is 0.377 e. The first kappa shape index (κ1) is 26.7. The van der Waals surface area contributed by atoms with Crippen molar-refractivity contribution >= 4 is 29.9 Å². The summed E-state index contributed by atoms with van der Waals surface area (Å²) in [5, 5.41) is 6.32. The van der Waals surface area contributed by atoms with Crippen LogP contribution >= 0.6 is 24.0 Å². The van der Waals surface area contributed by atoms with Crippen LogP contribution in [-0.4, -0.2) is 57.7 Å². The van der Waals surface area contributed by atoms with Crippen LogP contribution in [0.2, 0.25) is 0 Å². The van der Waals surface area contributed by atoms with Gasteiger partial charge < -0.3 is 20.1 Å². The van der Waals surface area contributed by atoms with Gasteiger partial charge in [-0.2, -0.15) is 13.2 Å². The van der Waals surface area contributed by atoms with E-state index in [4.69, 9.17) is 4.74 Å². The van der Waals surface area contributed by atoms with Crippen LogP contribution in [0.3, 0.4) is 0 Å². The molecule has 0 aromatic rings. The Labute approximate surface area is 178 Å². The summed E-state index contributed by atoms with van der Waals surface area (Å²) >= 11 is 0. The lowest BCUT2D eigenvalue weighted by atomic mass is 9.78. The number of hydrogen-bond donors (Lipinski definition) is 2. The lowest BCUT2D eigenvalue weighted by Gasteiger charge is -2.39. The van der Waals surface area contributed by atoms with Gasteiger partial charge in [0.15, 0.2) is 5.96 Å². The summed E-state index contributed by atoms with van der Waals surface area (Å²) in [7, 11) is 0. The van der Waals surface area contributed by atoms with Crippen molar-refractivity contribution in [3.8, 4) is 0 Å². The molecule has 2 unspecified atom stereocenters. The van der Waals surface area contributed by atoms with Gasteiger partial charge in [-0.15, -0.1) is 24.0 Å². The van der Waals surface area contributed by atoms with Crippen LogP contribution in [0.4, 0.5) is 13.2 Å². The third-order valence-electron chi connectivity index (χ3n) is 4.15. The van der Waals surface area contributed by atoms with Crippen molar-refractivity contribution in [1.29, 1.82) is 0 Å². The second-order valence-electron chi connectivity index (χ2n) is 7.73. The van der Waals surface area contributed by atoms with Crippen molar-refractivity contribution < 1.29 is 22.6 Å². The van der Waals surface area contributed by atoms with Gasteiger partial charge in [-0.3, -0.25) is 4.99 Å². The molecular weight excluding hydrogens is 474 g/mol. The fraction of sp³-hybridized carbons (Fsp3) is 0.944. The number of nitrogens with zero attached hydrogens (tertiary/aromatic N) is 1. The van der Waals surface area contributed by atoms with E-state index in [1.165, 1.54) is 0 Å². The number of aliphatic imine (C=N–C) groups is 1. The average Bonchev–Trinajstić information content (AvgIpc) is 2.54. The summed E-state index contributed by atoms with van der Waals surface area (Å²) < 4.78 is 46.6. The van der Waals surface area contributed by atoms with Gasteiger partial charge in [-0.05, 0) is 31.6 Å². The lowest BCUT2D eigenvalue weighted by molar-refractivity contribution is -0.173. The number of alkyl halides is 3. The quantitative estimate of drug-likeness (QED) is 0.225. The Kier molecular flexibility index (Phi) is 12.9. The molecule has 0 aliphatic carbocycles. The first-order chi connectivity index (χ1) is 12.1. The molecule has 1 fully saturated rings. The van der Waals surface area contributed by atoms with Gasteiger partial charge in [-0.25, -0.2) is 0 Å². The number of nitrogens with one attached hydrogen (secondary N) is 2. The fourth-order valence-electron chi connectivity index (χ4n) is 3.11. The SMILES string of the molecule is CCNC(=NCC1CCCOC1C(C)(C)C)NCCCOCC(F)(F)F.I. The molecule has 1 aliphatic heterocycles. The van der Waals surface area contributed by atoms with Crippen molar-refractivity contribution in [1.82, 2.24) is 10.6 Å². The molecule has 0 aromatic heterocycles. The predicted octanol–water partition coefficient (Wildman–Crippen LogP) is 3.97. The zero-order valence-electron chi connectivity index (χ0n) is 16.8. The maximum atomic E-state index is 12.0. The molecule has 1 heterocycles. The molecule has 0 radical (unpaired) electrons. The van der Waals surface area contributed by atoms with Crippen molar-refractivity contribution in [3.05, 3.63) is 0 Å². The molecule has 5 nitrogen and oxygen atoms in total. The summed E-state index contributed by atoms with van der Waals surface area (Å²) in [4.78, 5) is 4.65. The molecule has 0 amide bonds. The van der Waals surface area contributed by atoms with Crippen LogP contribution in [0.5, 0.6) is 0 Å². The zero-order valence-corrected chi connectivity index (χ0v) is 19.2. The molecule has 1 saturated heterocycles. The van der Waals surface area contributed by atoms with Crippen LogP contribution in [-0.2, 0) is 9.47 Å². The number of rotatable bonds is 8. The Bertz CT molecular complexity index is 429. The molecule has 1 rings (SSSR count). The molecule has 0 spiro atoms. The highest BCUT2D eigenvalue weighted by atomic mass is 127. The van der Waals surface area contributed by atoms with Crippen LogP contribution < -0.4 is 10.6 Å². The van der Waals surface area contributed by atoms with Gasteiger partial charge in [0, 0.05) is 38.8 Å². The second kappa shape index (κ2) is 13.0. The Morgan fingerprint density at radius 3 is 2.52 bits per heavy atom. The van der Waals surface area contributed by atoms with Gasteiger partial charge in [0.1, 0.15) is 6.61 Å². The largest absolute Gasteiger partial charge is 0.411 e. The Morgan fingerprint density at radius 2 is 1.93 bits per heavy atom. The van der Waals surface area contributed by atoms with E-state index in [1.807, 2.05) is 6.92 Å². The van der Waals surface area contributed by atoms with E-state index in [1.54, 1.807) is 0 Å². The van der Waals surface area contributed by atoms with E-state index in [2.05, 4.69) is 41.1 Å². The van der Waals surface area contributed by atoms with Crippen molar-refractivity contribution in [2.45, 2.75) is 59.2 Å². The van der Waals surface area contributed by atoms with Gasteiger partial charge >= 0.3 is 6.18 Å². The van der Waals surface area contributed by atoms with Crippen molar-refractivity contribution in [2.24, 2.45) is 16.3 Å². The minimum atomic E-state index is -4.27. The second-order valence-corrected chi connectivity index (χ2v) is 7.73. The van der Waals surface area contributed by atoms with Gasteiger partial charge in [-0.1, -0.05) is 20.8 Å². The van der Waals surface area contributed by atoms with Crippen LogP contribution in [0.15, 0.2) is 4.99 Å². The van der Waals surface area contributed by atoms with Crippen molar-refractivity contribution in [3.63, 3.8) is 0 Å².